The molecule has 0 radical (unpaired) electrons. The molecule has 1 aliphatic rings. The average molecular weight is 264 g/mol. The third kappa shape index (κ3) is 3.38. The summed E-state index contributed by atoms with van der Waals surface area (Å²) in [5.74, 6) is 1.32. The van der Waals surface area contributed by atoms with Gasteiger partial charge in [0.2, 0.25) is 5.91 Å². The molecule has 1 fully saturated rings. The Bertz CT molecular complexity index is 440. The van der Waals surface area contributed by atoms with Gasteiger partial charge in [-0.05, 0) is 19.3 Å². The molecule has 0 aliphatic heterocycles. The number of anilines is 1. The van der Waals surface area contributed by atoms with Gasteiger partial charge in [0.1, 0.15) is 11.5 Å². The van der Waals surface area contributed by atoms with Crippen LogP contribution in [0.4, 0.5) is 5.69 Å². The van der Waals surface area contributed by atoms with Crippen LogP contribution in [0.1, 0.15) is 19.3 Å². The summed E-state index contributed by atoms with van der Waals surface area (Å²) in [6.45, 7) is 0. The summed E-state index contributed by atoms with van der Waals surface area (Å²) in [4.78, 5) is 12.1. The van der Waals surface area contributed by atoms with E-state index in [1.54, 1.807) is 32.4 Å². The molecule has 2 unspecified atom stereocenters. The van der Waals surface area contributed by atoms with Crippen molar-refractivity contribution < 1.29 is 14.3 Å². The van der Waals surface area contributed by atoms with Crippen molar-refractivity contribution in [3.8, 4) is 11.5 Å². The Morgan fingerprint density at radius 2 is 1.84 bits per heavy atom. The lowest BCUT2D eigenvalue weighted by Crippen LogP contribution is -2.23. The molecule has 1 aromatic carbocycles. The molecular weight excluding hydrogens is 244 g/mol. The molecule has 0 aromatic heterocycles. The van der Waals surface area contributed by atoms with Gasteiger partial charge in [-0.25, -0.2) is 0 Å². The Morgan fingerprint density at radius 1 is 1.21 bits per heavy atom. The number of ether oxygens (including phenoxy) is 2. The van der Waals surface area contributed by atoms with Crippen molar-refractivity contribution in [3.63, 3.8) is 0 Å². The number of amides is 1. The number of methoxy groups -OCH3 is 2. The minimum atomic E-state index is 0.00666. The Kier molecular flexibility index (Phi) is 4.27. The molecule has 104 valence electrons. The highest BCUT2D eigenvalue weighted by atomic mass is 16.5. The number of carbonyl (C=O) groups is 1. The van der Waals surface area contributed by atoms with Gasteiger partial charge in [-0.2, -0.15) is 0 Å². The second-order valence-electron chi connectivity index (χ2n) is 4.86. The predicted octanol–water partition coefficient (Wildman–Crippen LogP) is 1.77. The van der Waals surface area contributed by atoms with E-state index in [9.17, 15) is 4.79 Å². The van der Waals surface area contributed by atoms with Crippen LogP contribution in [0.2, 0.25) is 0 Å². The molecule has 2 atom stereocenters. The highest BCUT2D eigenvalue weighted by Gasteiger charge is 2.27. The van der Waals surface area contributed by atoms with Gasteiger partial charge in [0.15, 0.2) is 0 Å². The van der Waals surface area contributed by atoms with Crippen molar-refractivity contribution in [1.82, 2.24) is 0 Å². The summed E-state index contributed by atoms with van der Waals surface area (Å²) >= 11 is 0. The monoisotopic (exact) mass is 264 g/mol. The van der Waals surface area contributed by atoms with E-state index in [2.05, 4.69) is 5.32 Å². The van der Waals surface area contributed by atoms with Crippen LogP contribution in [0.15, 0.2) is 18.2 Å². The predicted molar refractivity (Wildman–Crippen MR) is 73.5 cm³/mol. The van der Waals surface area contributed by atoms with Gasteiger partial charge in [0, 0.05) is 35.8 Å². The van der Waals surface area contributed by atoms with Crippen LogP contribution in [0, 0.1) is 5.92 Å². The number of hydrogen-bond donors (Lipinski definition) is 2. The van der Waals surface area contributed by atoms with Crippen LogP contribution in [-0.4, -0.2) is 26.2 Å². The number of nitrogens with one attached hydrogen (secondary N) is 1. The quantitative estimate of drug-likeness (QED) is 0.869. The first-order valence-electron chi connectivity index (χ1n) is 6.42. The minimum absolute atomic E-state index is 0.00666. The molecule has 1 aromatic rings. The molecule has 1 amide bonds. The number of nitrogens with two attached hydrogens (primary N) is 1. The second kappa shape index (κ2) is 5.93. The average Bonchev–Trinajstić information content (AvgIpc) is 2.85. The topological polar surface area (TPSA) is 73.6 Å². The van der Waals surface area contributed by atoms with Crippen LogP contribution < -0.4 is 20.5 Å². The SMILES string of the molecule is COc1cc(NC(=O)C2CCC(N)C2)cc(OC)c1. The van der Waals surface area contributed by atoms with Crippen LogP contribution in [0.25, 0.3) is 0 Å². The third-order valence-electron chi connectivity index (χ3n) is 3.46. The maximum Gasteiger partial charge on any atom is 0.227 e. The molecule has 5 nitrogen and oxygen atoms in total. The smallest absolute Gasteiger partial charge is 0.227 e. The standard InChI is InChI=1S/C14H20N2O3/c1-18-12-6-11(7-13(8-12)19-2)16-14(17)9-3-4-10(15)5-9/h6-10H,3-5,15H2,1-2H3,(H,16,17). The molecule has 5 heteroatoms. The van der Waals surface area contributed by atoms with Crippen molar-refractivity contribution in [2.45, 2.75) is 25.3 Å². The molecule has 0 spiro atoms. The van der Waals surface area contributed by atoms with E-state index in [1.165, 1.54) is 0 Å². The first kappa shape index (κ1) is 13.7. The maximum absolute atomic E-state index is 12.1. The van der Waals surface area contributed by atoms with E-state index < -0.39 is 0 Å². The zero-order chi connectivity index (χ0) is 13.8. The van der Waals surface area contributed by atoms with E-state index in [0.29, 0.717) is 17.2 Å². The zero-order valence-corrected chi connectivity index (χ0v) is 11.3. The fourth-order valence-corrected chi connectivity index (χ4v) is 2.38. The van der Waals surface area contributed by atoms with Crippen molar-refractivity contribution in [1.29, 1.82) is 0 Å². The van der Waals surface area contributed by atoms with Crippen LogP contribution >= 0.6 is 0 Å². The van der Waals surface area contributed by atoms with E-state index in [0.717, 1.165) is 19.3 Å². The molecular formula is C14H20N2O3. The van der Waals surface area contributed by atoms with E-state index in [-0.39, 0.29) is 17.9 Å². The number of benzene rings is 1. The van der Waals surface area contributed by atoms with Crippen LogP contribution in [-0.2, 0) is 4.79 Å². The van der Waals surface area contributed by atoms with Gasteiger partial charge in [-0.3, -0.25) is 4.79 Å². The van der Waals surface area contributed by atoms with Crippen molar-refractivity contribution in [2.75, 3.05) is 19.5 Å². The summed E-state index contributed by atoms with van der Waals surface area (Å²) in [6, 6.07) is 5.46. The lowest BCUT2D eigenvalue weighted by Gasteiger charge is -2.13. The summed E-state index contributed by atoms with van der Waals surface area (Å²) in [5, 5.41) is 2.90. The number of carbonyl (C=O) groups excluding carboxylic acids is 1. The molecule has 0 saturated heterocycles. The summed E-state index contributed by atoms with van der Waals surface area (Å²) in [6.07, 6.45) is 2.53. The van der Waals surface area contributed by atoms with Gasteiger partial charge in [0.05, 0.1) is 14.2 Å². The lowest BCUT2D eigenvalue weighted by atomic mass is 10.1. The third-order valence-corrected chi connectivity index (χ3v) is 3.46. The minimum Gasteiger partial charge on any atom is -0.497 e. The first-order chi connectivity index (χ1) is 9.12. The fourth-order valence-electron chi connectivity index (χ4n) is 2.38. The van der Waals surface area contributed by atoms with E-state index in [4.69, 9.17) is 15.2 Å². The van der Waals surface area contributed by atoms with Crippen molar-refractivity contribution in [2.24, 2.45) is 11.7 Å². The molecule has 1 saturated carbocycles. The van der Waals surface area contributed by atoms with E-state index in [1.807, 2.05) is 0 Å². The van der Waals surface area contributed by atoms with Crippen LogP contribution in [0.5, 0.6) is 11.5 Å². The number of rotatable bonds is 4. The summed E-state index contributed by atoms with van der Waals surface area (Å²) in [7, 11) is 3.16. The summed E-state index contributed by atoms with van der Waals surface area (Å²) < 4.78 is 10.3. The zero-order valence-electron chi connectivity index (χ0n) is 11.3. The van der Waals surface area contributed by atoms with E-state index >= 15 is 0 Å². The second-order valence-corrected chi connectivity index (χ2v) is 4.86. The molecule has 1 aliphatic carbocycles. The van der Waals surface area contributed by atoms with Crippen LogP contribution in [0.3, 0.4) is 0 Å². The molecule has 19 heavy (non-hydrogen) atoms. The molecule has 2 rings (SSSR count). The highest BCUT2D eigenvalue weighted by molar-refractivity contribution is 5.93. The normalized spacial score (nSPS) is 22.1. The largest absolute Gasteiger partial charge is 0.497 e. The maximum atomic E-state index is 12.1. The first-order valence-corrected chi connectivity index (χ1v) is 6.42. The Balaban J connectivity index is 2.07. The van der Waals surface area contributed by atoms with Gasteiger partial charge in [0.25, 0.3) is 0 Å². The summed E-state index contributed by atoms with van der Waals surface area (Å²) in [5.41, 5.74) is 6.51. The fraction of sp³-hybridized carbons (Fsp3) is 0.500. The van der Waals surface area contributed by atoms with Gasteiger partial charge >= 0.3 is 0 Å². The Labute approximate surface area is 113 Å². The van der Waals surface area contributed by atoms with Gasteiger partial charge in [-0.1, -0.05) is 0 Å². The van der Waals surface area contributed by atoms with Crippen molar-refractivity contribution >= 4 is 11.6 Å². The lowest BCUT2D eigenvalue weighted by molar-refractivity contribution is -0.119. The number of hydrogen-bond acceptors (Lipinski definition) is 4. The molecule has 3 N–H and O–H groups in total. The molecule has 0 bridgehead atoms. The highest BCUT2D eigenvalue weighted by Crippen LogP contribution is 2.28. The molecule has 0 heterocycles. The van der Waals surface area contributed by atoms with Gasteiger partial charge < -0.3 is 20.5 Å². The Hall–Kier alpha value is -1.75. The Morgan fingerprint density at radius 3 is 2.32 bits per heavy atom. The van der Waals surface area contributed by atoms with Crippen molar-refractivity contribution in [3.05, 3.63) is 18.2 Å². The van der Waals surface area contributed by atoms with Gasteiger partial charge in [-0.15, -0.1) is 0 Å².